The maximum atomic E-state index is 8.86. The van der Waals surface area contributed by atoms with Gasteiger partial charge in [-0.2, -0.15) is 5.26 Å². The van der Waals surface area contributed by atoms with Crippen LogP contribution < -0.4 is 0 Å². The summed E-state index contributed by atoms with van der Waals surface area (Å²) >= 11 is 3.46. The Bertz CT molecular complexity index is 588. The first-order valence-corrected chi connectivity index (χ1v) is 6.23. The molecule has 1 N–H and O–H groups in total. The zero-order valence-corrected chi connectivity index (χ0v) is 11.1. The van der Waals surface area contributed by atoms with E-state index in [4.69, 9.17) is 10.4 Å². The zero-order valence-electron chi connectivity index (χ0n) is 9.54. The number of aromatic nitrogens is 3. The second-order valence-electron chi connectivity index (χ2n) is 3.70. The van der Waals surface area contributed by atoms with Gasteiger partial charge in [0.15, 0.2) is 0 Å². The third-order valence-corrected chi connectivity index (χ3v) is 3.29. The Labute approximate surface area is 113 Å². The first kappa shape index (κ1) is 12.7. The van der Waals surface area contributed by atoms with Crippen LogP contribution in [0.1, 0.15) is 12.0 Å². The highest BCUT2D eigenvalue weighted by Gasteiger charge is 2.11. The van der Waals surface area contributed by atoms with Gasteiger partial charge < -0.3 is 9.67 Å². The fraction of sp³-hybridized carbons (Fsp3) is 0.250. The number of rotatable bonds is 4. The first-order chi connectivity index (χ1) is 8.76. The number of nitrogens with zero attached hydrogens (tertiary/aromatic N) is 4. The molecule has 0 aliphatic heterocycles. The number of hydrogen-bond acceptors (Lipinski definition) is 4. The summed E-state index contributed by atoms with van der Waals surface area (Å²) in [5.74, 6) is 0. The van der Waals surface area contributed by atoms with E-state index in [1.165, 1.54) is 0 Å². The quantitative estimate of drug-likeness (QED) is 0.937. The summed E-state index contributed by atoms with van der Waals surface area (Å²) in [5.41, 5.74) is 1.91. The van der Waals surface area contributed by atoms with Crippen molar-refractivity contribution in [1.82, 2.24) is 14.5 Å². The normalized spacial score (nSPS) is 10.3. The van der Waals surface area contributed by atoms with Crippen LogP contribution >= 0.6 is 15.9 Å². The molecule has 2 aromatic rings. The van der Waals surface area contributed by atoms with Crippen molar-refractivity contribution in [3.8, 4) is 17.5 Å². The monoisotopic (exact) mass is 306 g/mol. The predicted molar refractivity (Wildman–Crippen MR) is 69.6 cm³/mol. The number of aliphatic hydroxyl groups excluding tert-OH is 1. The highest BCUT2D eigenvalue weighted by molar-refractivity contribution is 9.10. The van der Waals surface area contributed by atoms with Gasteiger partial charge in [-0.3, -0.25) is 4.98 Å². The van der Waals surface area contributed by atoms with Gasteiger partial charge in [0, 0.05) is 19.3 Å². The largest absolute Gasteiger partial charge is 0.396 e. The van der Waals surface area contributed by atoms with Crippen molar-refractivity contribution in [3.63, 3.8) is 0 Å². The molecule has 0 radical (unpaired) electrons. The summed E-state index contributed by atoms with van der Waals surface area (Å²) < 4.78 is 2.70. The van der Waals surface area contributed by atoms with Crippen LogP contribution in [0.3, 0.4) is 0 Å². The zero-order chi connectivity index (χ0) is 13.0. The lowest BCUT2D eigenvalue weighted by Crippen LogP contribution is -1.98. The topological polar surface area (TPSA) is 74.7 Å². The highest BCUT2D eigenvalue weighted by Crippen LogP contribution is 2.25. The minimum atomic E-state index is 0.141. The maximum Gasteiger partial charge on any atom is 0.121 e. The van der Waals surface area contributed by atoms with Gasteiger partial charge in [-0.1, -0.05) is 0 Å². The van der Waals surface area contributed by atoms with Crippen molar-refractivity contribution in [3.05, 3.63) is 34.8 Å². The third-order valence-electron chi connectivity index (χ3n) is 2.46. The van der Waals surface area contributed by atoms with Crippen LogP contribution in [-0.4, -0.2) is 26.2 Å². The van der Waals surface area contributed by atoms with Crippen LogP contribution in [-0.2, 0) is 6.54 Å². The van der Waals surface area contributed by atoms with Gasteiger partial charge in [-0.25, -0.2) is 4.98 Å². The SMILES string of the molecule is N#Cc1ccnc(-c2ncn(CCCO)c2Br)c1. The summed E-state index contributed by atoms with van der Waals surface area (Å²) in [6.45, 7) is 0.824. The lowest BCUT2D eigenvalue weighted by atomic mass is 10.2. The fourth-order valence-electron chi connectivity index (χ4n) is 1.57. The second-order valence-corrected chi connectivity index (χ2v) is 4.45. The Hall–Kier alpha value is -1.71. The molecule has 0 aromatic carbocycles. The van der Waals surface area contributed by atoms with E-state index in [-0.39, 0.29) is 6.61 Å². The molecule has 5 nitrogen and oxygen atoms in total. The van der Waals surface area contributed by atoms with Crippen LogP contribution in [0.25, 0.3) is 11.4 Å². The minimum absolute atomic E-state index is 0.141. The molecular weight excluding hydrogens is 296 g/mol. The molecular formula is C12H11BrN4O. The minimum Gasteiger partial charge on any atom is -0.396 e. The number of nitriles is 1. The average molecular weight is 307 g/mol. The molecule has 0 amide bonds. The second kappa shape index (κ2) is 5.76. The molecule has 6 heteroatoms. The molecule has 2 aromatic heterocycles. The predicted octanol–water partition coefficient (Wildman–Crippen LogP) is 1.96. The van der Waals surface area contributed by atoms with Crippen LogP contribution in [0.5, 0.6) is 0 Å². The Morgan fingerprint density at radius 2 is 2.28 bits per heavy atom. The van der Waals surface area contributed by atoms with Crippen molar-refractivity contribution in [2.75, 3.05) is 6.61 Å². The number of aryl methyl sites for hydroxylation is 1. The van der Waals surface area contributed by atoms with E-state index in [2.05, 4.69) is 32.0 Å². The molecule has 0 aliphatic rings. The molecule has 0 fully saturated rings. The van der Waals surface area contributed by atoms with Crippen LogP contribution in [0.2, 0.25) is 0 Å². The van der Waals surface area contributed by atoms with E-state index in [0.29, 0.717) is 29.9 Å². The van der Waals surface area contributed by atoms with Gasteiger partial charge in [0.25, 0.3) is 0 Å². The molecule has 0 aliphatic carbocycles. The van der Waals surface area contributed by atoms with Crippen molar-refractivity contribution in [2.45, 2.75) is 13.0 Å². The number of halogens is 1. The Morgan fingerprint density at radius 3 is 3.00 bits per heavy atom. The number of imidazole rings is 1. The number of hydrogen-bond donors (Lipinski definition) is 1. The molecule has 2 rings (SSSR count). The molecule has 18 heavy (non-hydrogen) atoms. The lowest BCUT2D eigenvalue weighted by Gasteiger charge is -2.03. The van der Waals surface area contributed by atoms with Gasteiger partial charge in [0.2, 0.25) is 0 Å². The molecule has 0 saturated heterocycles. The van der Waals surface area contributed by atoms with Crippen LogP contribution in [0.4, 0.5) is 0 Å². The molecule has 0 unspecified atom stereocenters. The average Bonchev–Trinajstić information content (AvgIpc) is 2.78. The standard InChI is InChI=1S/C12H11BrN4O/c13-12-11(16-8-17(12)4-1-5-18)10-6-9(7-14)2-3-15-10/h2-3,6,8,18H,1,4-5H2. The number of aliphatic hydroxyl groups is 1. The highest BCUT2D eigenvalue weighted by atomic mass is 79.9. The Morgan fingerprint density at radius 1 is 1.44 bits per heavy atom. The van der Waals surface area contributed by atoms with E-state index in [1.807, 2.05) is 4.57 Å². The van der Waals surface area contributed by atoms with Gasteiger partial charge in [0.1, 0.15) is 10.3 Å². The molecule has 2 heterocycles. The summed E-state index contributed by atoms with van der Waals surface area (Å²) in [6, 6.07) is 5.43. The molecule has 0 spiro atoms. The summed E-state index contributed by atoms with van der Waals surface area (Å²) in [6.07, 6.45) is 3.95. The summed E-state index contributed by atoms with van der Waals surface area (Å²) in [7, 11) is 0. The van der Waals surface area contributed by atoms with Crippen molar-refractivity contribution >= 4 is 15.9 Å². The van der Waals surface area contributed by atoms with E-state index < -0.39 is 0 Å². The van der Waals surface area contributed by atoms with Crippen molar-refractivity contribution < 1.29 is 5.11 Å². The Kier molecular flexibility index (Phi) is 4.07. The molecule has 0 bridgehead atoms. The van der Waals surface area contributed by atoms with Gasteiger partial charge in [0.05, 0.1) is 23.7 Å². The van der Waals surface area contributed by atoms with E-state index in [1.54, 1.807) is 24.7 Å². The number of pyridine rings is 1. The molecule has 0 saturated carbocycles. The summed E-state index contributed by atoms with van der Waals surface area (Å²) in [5, 5.41) is 17.7. The lowest BCUT2D eigenvalue weighted by molar-refractivity contribution is 0.279. The van der Waals surface area contributed by atoms with E-state index in [9.17, 15) is 0 Å². The molecule has 92 valence electrons. The van der Waals surface area contributed by atoms with Crippen LogP contribution in [0.15, 0.2) is 29.3 Å². The van der Waals surface area contributed by atoms with Gasteiger partial charge >= 0.3 is 0 Å². The summed E-state index contributed by atoms with van der Waals surface area (Å²) in [4.78, 5) is 8.48. The van der Waals surface area contributed by atoms with Gasteiger partial charge in [-0.15, -0.1) is 0 Å². The third kappa shape index (κ3) is 2.58. The fourth-order valence-corrected chi connectivity index (χ4v) is 2.14. The Balaban J connectivity index is 2.33. The van der Waals surface area contributed by atoms with Crippen molar-refractivity contribution in [2.24, 2.45) is 0 Å². The molecule has 0 atom stereocenters. The van der Waals surface area contributed by atoms with E-state index >= 15 is 0 Å². The van der Waals surface area contributed by atoms with E-state index in [0.717, 1.165) is 4.60 Å². The van der Waals surface area contributed by atoms with Gasteiger partial charge in [-0.05, 0) is 34.5 Å². The maximum absolute atomic E-state index is 8.86. The first-order valence-electron chi connectivity index (χ1n) is 5.44. The van der Waals surface area contributed by atoms with Crippen molar-refractivity contribution in [1.29, 1.82) is 5.26 Å². The smallest absolute Gasteiger partial charge is 0.121 e. The van der Waals surface area contributed by atoms with Crippen LogP contribution in [0, 0.1) is 11.3 Å².